The fourth-order valence-electron chi connectivity index (χ4n) is 1.06. The van der Waals surface area contributed by atoms with Crippen molar-refractivity contribution in [2.45, 2.75) is 13.8 Å². The number of benzene rings is 1. The van der Waals surface area contributed by atoms with Crippen LogP contribution in [-0.2, 0) is 0 Å². The molecule has 0 unspecified atom stereocenters. The molecular weight excluding hydrogens is 279 g/mol. The van der Waals surface area contributed by atoms with Gasteiger partial charge in [0.25, 0.3) is 0 Å². The molecule has 1 aromatic rings. The predicted molar refractivity (Wildman–Crippen MR) is 61.4 cm³/mol. The molecule has 0 bridgehead atoms. The van der Waals surface area contributed by atoms with Gasteiger partial charge in [-0.1, -0.05) is 13.8 Å². The van der Waals surface area contributed by atoms with E-state index in [1.54, 1.807) is 0 Å². The van der Waals surface area contributed by atoms with Crippen molar-refractivity contribution in [2.75, 3.05) is 6.61 Å². The van der Waals surface area contributed by atoms with E-state index in [1.807, 2.05) is 13.8 Å². The molecule has 0 radical (unpaired) electrons. The van der Waals surface area contributed by atoms with Gasteiger partial charge in [0.05, 0.1) is 16.6 Å². The largest absolute Gasteiger partial charge is 0.490 e. The second kappa shape index (κ2) is 5.30. The summed E-state index contributed by atoms with van der Waals surface area (Å²) in [5.41, 5.74) is -0.116. The molecule has 0 saturated heterocycles. The molecule has 5 heteroatoms. The van der Waals surface area contributed by atoms with Crippen LogP contribution in [0.5, 0.6) is 5.75 Å². The van der Waals surface area contributed by atoms with Gasteiger partial charge in [-0.2, -0.15) is 0 Å². The van der Waals surface area contributed by atoms with Crippen LogP contribution in [0.15, 0.2) is 16.6 Å². The van der Waals surface area contributed by atoms with Crippen molar-refractivity contribution in [3.05, 3.63) is 28.0 Å². The van der Waals surface area contributed by atoms with Crippen LogP contribution in [0.1, 0.15) is 24.2 Å². The van der Waals surface area contributed by atoms with Crippen LogP contribution in [-0.4, -0.2) is 17.7 Å². The van der Waals surface area contributed by atoms with E-state index in [1.165, 1.54) is 12.1 Å². The minimum atomic E-state index is -1.18. The molecule has 0 amide bonds. The Labute approximate surface area is 101 Å². The summed E-state index contributed by atoms with van der Waals surface area (Å²) in [5, 5.41) is 8.76. The van der Waals surface area contributed by atoms with Gasteiger partial charge in [0, 0.05) is 0 Å². The smallest absolute Gasteiger partial charge is 0.336 e. The highest BCUT2D eigenvalue weighted by molar-refractivity contribution is 9.10. The normalized spacial score (nSPS) is 10.6. The first kappa shape index (κ1) is 13.0. The Balaban J connectivity index is 2.98. The standard InChI is InChI=1S/C11H12BrFO3/c1-6(2)5-16-8-4-3-7(11(14)15)9(12)10(8)13/h3-4,6H,5H2,1-2H3,(H,14,15). The van der Waals surface area contributed by atoms with Gasteiger partial charge < -0.3 is 9.84 Å². The van der Waals surface area contributed by atoms with Crippen molar-refractivity contribution in [1.82, 2.24) is 0 Å². The summed E-state index contributed by atoms with van der Waals surface area (Å²) in [5.74, 6) is -1.52. The van der Waals surface area contributed by atoms with Crippen molar-refractivity contribution in [2.24, 2.45) is 5.92 Å². The summed E-state index contributed by atoms with van der Waals surface area (Å²) >= 11 is 2.90. The lowest BCUT2D eigenvalue weighted by Crippen LogP contribution is -2.07. The summed E-state index contributed by atoms with van der Waals surface area (Å²) in [6, 6.07) is 2.64. The lowest BCUT2D eigenvalue weighted by atomic mass is 10.2. The Bertz CT molecular complexity index is 404. The lowest BCUT2D eigenvalue weighted by molar-refractivity contribution is 0.0695. The minimum Gasteiger partial charge on any atom is -0.490 e. The van der Waals surface area contributed by atoms with Crippen molar-refractivity contribution in [3.8, 4) is 5.75 Å². The zero-order chi connectivity index (χ0) is 12.3. The maximum absolute atomic E-state index is 13.6. The Hall–Kier alpha value is -1.10. The molecule has 0 aliphatic rings. The van der Waals surface area contributed by atoms with Gasteiger partial charge in [0.1, 0.15) is 0 Å². The topological polar surface area (TPSA) is 46.5 Å². The molecule has 0 aliphatic heterocycles. The highest BCUT2D eigenvalue weighted by Crippen LogP contribution is 2.28. The number of carboxylic acids is 1. The Morgan fingerprint density at radius 2 is 2.19 bits per heavy atom. The molecule has 0 fully saturated rings. The summed E-state index contributed by atoms with van der Waals surface area (Å²) in [4.78, 5) is 10.7. The van der Waals surface area contributed by atoms with Crippen LogP contribution in [0.2, 0.25) is 0 Å². The van der Waals surface area contributed by atoms with Crippen molar-refractivity contribution in [1.29, 1.82) is 0 Å². The number of carboxylic acid groups (broad SMARTS) is 1. The number of carbonyl (C=O) groups is 1. The third kappa shape index (κ3) is 2.95. The van der Waals surface area contributed by atoms with Crippen LogP contribution in [0.3, 0.4) is 0 Å². The quantitative estimate of drug-likeness (QED) is 0.925. The van der Waals surface area contributed by atoms with E-state index in [2.05, 4.69) is 15.9 Å². The van der Waals surface area contributed by atoms with E-state index in [9.17, 15) is 9.18 Å². The SMILES string of the molecule is CC(C)COc1ccc(C(=O)O)c(Br)c1F. The fourth-order valence-corrected chi connectivity index (χ4v) is 1.56. The number of halogens is 2. The molecule has 0 atom stereocenters. The Morgan fingerprint density at radius 1 is 1.56 bits per heavy atom. The van der Waals surface area contributed by atoms with Crippen LogP contribution < -0.4 is 4.74 Å². The monoisotopic (exact) mass is 290 g/mol. The summed E-state index contributed by atoms with van der Waals surface area (Å²) in [6.45, 7) is 4.27. The maximum Gasteiger partial charge on any atom is 0.336 e. The van der Waals surface area contributed by atoms with Crippen molar-refractivity contribution < 1.29 is 19.0 Å². The molecule has 0 heterocycles. The minimum absolute atomic E-state index is 0.0607. The molecular formula is C11H12BrFO3. The summed E-state index contributed by atoms with van der Waals surface area (Å²) in [7, 11) is 0. The number of aromatic carboxylic acids is 1. The summed E-state index contributed by atoms with van der Waals surface area (Å²) < 4.78 is 18.8. The molecule has 0 spiro atoms. The zero-order valence-electron chi connectivity index (χ0n) is 8.96. The van der Waals surface area contributed by atoms with Crippen LogP contribution >= 0.6 is 15.9 Å². The molecule has 3 nitrogen and oxygen atoms in total. The summed E-state index contributed by atoms with van der Waals surface area (Å²) in [6.07, 6.45) is 0. The van der Waals surface area contributed by atoms with Crippen molar-refractivity contribution >= 4 is 21.9 Å². The van der Waals surface area contributed by atoms with Gasteiger partial charge in [-0.15, -0.1) is 0 Å². The molecule has 0 aromatic heterocycles. The maximum atomic E-state index is 13.6. The molecule has 0 aliphatic carbocycles. The van der Waals surface area contributed by atoms with E-state index in [0.29, 0.717) is 6.61 Å². The van der Waals surface area contributed by atoms with E-state index in [4.69, 9.17) is 9.84 Å². The lowest BCUT2D eigenvalue weighted by Gasteiger charge is -2.11. The fraction of sp³-hybridized carbons (Fsp3) is 0.364. The second-order valence-electron chi connectivity index (χ2n) is 3.75. The van der Waals surface area contributed by atoms with E-state index in [0.717, 1.165) is 0 Å². The molecule has 1 rings (SSSR count). The molecule has 88 valence electrons. The molecule has 16 heavy (non-hydrogen) atoms. The number of rotatable bonds is 4. The van der Waals surface area contributed by atoms with Crippen LogP contribution in [0.4, 0.5) is 4.39 Å². The van der Waals surface area contributed by atoms with E-state index < -0.39 is 11.8 Å². The zero-order valence-corrected chi connectivity index (χ0v) is 10.5. The number of hydrogen-bond donors (Lipinski definition) is 1. The van der Waals surface area contributed by atoms with Gasteiger partial charge >= 0.3 is 5.97 Å². The highest BCUT2D eigenvalue weighted by atomic mass is 79.9. The van der Waals surface area contributed by atoms with Crippen molar-refractivity contribution in [3.63, 3.8) is 0 Å². The number of ether oxygens (including phenoxy) is 1. The molecule has 1 N–H and O–H groups in total. The predicted octanol–water partition coefficient (Wildman–Crippen LogP) is 3.32. The average Bonchev–Trinajstić information content (AvgIpc) is 2.19. The molecule has 0 saturated carbocycles. The Morgan fingerprint density at radius 3 is 2.69 bits per heavy atom. The van der Waals surface area contributed by atoms with E-state index >= 15 is 0 Å². The van der Waals surface area contributed by atoms with Gasteiger partial charge in [0.15, 0.2) is 11.6 Å². The highest BCUT2D eigenvalue weighted by Gasteiger charge is 2.16. The van der Waals surface area contributed by atoms with Gasteiger partial charge in [-0.3, -0.25) is 0 Å². The van der Waals surface area contributed by atoms with Gasteiger partial charge in [-0.25, -0.2) is 9.18 Å². The van der Waals surface area contributed by atoms with Crippen LogP contribution in [0, 0.1) is 11.7 Å². The van der Waals surface area contributed by atoms with Crippen LogP contribution in [0.25, 0.3) is 0 Å². The molecule has 1 aromatic carbocycles. The first-order valence-corrected chi connectivity index (χ1v) is 5.57. The van der Waals surface area contributed by atoms with E-state index in [-0.39, 0.29) is 21.7 Å². The van der Waals surface area contributed by atoms with Gasteiger partial charge in [0.2, 0.25) is 0 Å². The second-order valence-corrected chi connectivity index (χ2v) is 4.54. The third-order valence-corrected chi connectivity index (χ3v) is 2.62. The van der Waals surface area contributed by atoms with Gasteiger partial charge in [-0.05, 0) is 34.0 Å². The average molecular weight is 291 g/mol. The first-order valence-electron chi connectivity index (χ1n) is 4.77. The number of hydrogen-bond acceptors (Lipinski definition) is 2. The Kier molecular flexibility index (Phi) is 4.29. The third-order valence-electron chi connectivity index (χ3n) is 1.85. The first-order chi connectivity index (χ1) is 7.43.